The van der Waals surface area contributed by atoms with Crippen molar-refractivity contribution in [3.8, 4) is 5.75 Å². The van der Waals surface area contributed by atoms with Gasteiger partial charge < -0.3 is 9.47 Å². The Morgan fingerprint density at radius 2 is 1.52 bits per heavy atom. The van der Waals surface area contributed by atoms with Crippen LogP contribution in [-0.4, -0.2) is 12.8 Å². The topological polar surface area (TPSA) is 35.5 Å². The lowest BCUT2D eigenvalue weighted by atomic mass is 10.0. The van der Waals surface area contributed by atoms with Gasteiger partial charge in [0.15, 0.2) is 0 Å². The Bertz CT molecular complexity index is 769. The van der Waals surface area contributed by atoms with E-state index in [9.17, 15) is 4.79 Å². The molecule has 0 atom stereocenters. The highest BCUT2D eigenvalue weighted by Crippen LogP contribution is 2.34. The van der Waals surface area contributed by atoms with E-state index in [1.54, 1.807) is 0 Å². The molecule has 0 heterocycles. The highest BCUT2D eigenvalue weighted by Gasteiger charge is 2.13. The van der Waals surface area contributed by atoms with E-state index in [0.717, 1.165) is 40.8 Å². The van der Waals surface area contributed by atoms with Crippen LogP contribution in [0, 0.1) is 0 Å². The summed E-state index contributed by atoms with van der Waals surface area (Å²) in [4.78, 5) is 12.0. The van der Waals surface area contributed by atoms with Crippen molar-refractivity contribution in [2.24, 2.45) is 0 Å². The van der Waals surface area contributed by atoms with E-state index in [0.29, 0.717) is 12.4 Å². The molecule has 0 aliphatic carbocycles. The fraction of sp³-hybridized carbons (Fsp3) is 0.250. The predicted octanol–water partition coefficient (Wildman–Crippen LogP) is 5.70. The Morgan fingerprint density at radius 3 is 2.13 bits per heavy atom. The van der Waals surface area contributed by atoms with Crippen LogP contribution in [0.4, 0.5) is 4.79 Å². The smallest absolute Gasteiger partial charge is 0.434 e. The average molecular weight is 308 g/mol. The van der Waals surface area contributed by atoms with Gasteiger partial charge in [0.1, 0.15) is 5.75 Å². The van der Waals surface area contributed by atoms with Gasteiger partial charge in [0.05, 0.1) is 6.61 Å². The maximum Gasteiger partial charge on any atom is 0.513 e. The summed E-state index contributed by atoms with van der Waals surface area (Å²) in [7, 11) is 0. The van der Waals surface area contributed by atoms with Crippen LogP contribution in [0.15, 0.2) is 54.6 Å². The van der Waals surface area contributed by atoms with Crippen molar-refractivity contribution in [1.29, 1.82) is 0 Å². The molecule has 0 N–H and O–H groups in total. The molecule has 0 radical (unpaired) electrons. The van der Waals surface area contributed by atoms with Crippen LogP contribution in [0.25, 0.3) is 21.5 Å². The molecule has 0 saturated heterocycles. The van der Waals surface area contributed by atoms with Crippen LogP contribution in [0.1, 0.15) is 26.2 Å². The van der Waals surface area contributed by atoms with Crippen molar-refractivity contribution in [3.05, 3.63) is 54.6 Å². The maximum atomic E-state index is 12.0. The Morgan fingerprint density at radius 1 is 0.913 bits per heavy atom. The van der Waals surface area contributed by atoms with Gasteiger partial charge in [-0.15, -0.1) is 0 Å². The molecule has 0 spiro atoms. The van der Waals surface area contributed by atoms with Crippen molar-refractivity contribution in [2.75, 3.05) is 6.61 Å². The van der Waals surface area contributed by atoms with Gasteiger partial charge in [0, 0.05) is 10.8 Å². The lowest BCUT2D eigenvalue weighted by Crippen LogP contribution is -2.12. The van der Waals surface area contributed by atoms with Crippen molar-refractivity contribution < 1.29 is 14.3 Å². The van der Waals surface area contributed by atoms with Crippen LogP contribution in [0.5, 0.6) is 5.75 Å². The van der Waals surface area contributed by atoms with Gasteiger partial charge >= 0.3 is 6.16 Å². The van der Waals surface area contributed by atoms with Crippen LogP contribution >= 0.6 is 0 Å². The molecule has 0 bridgehead atoms. The molecule has 0 aliphatic heterocycles. The number of unbranched alkanes of at least 4 members (excludes halogenated alkanes) is 2. The van der Waals surface area contributed by atoms with Crippen molar-refractivity contribution in [1.82, 2.24) is 0 Å². The first-order valence-corrected chi connectivity index (χ1v) is 8.04. The summed E-state index contributed by atoms with van der Waals surface area (Å²) in [5.74, 6) is 0.569. The Labute approximate surface area is 135 Å². The third-order valence-corrected chi connectivity index (χ3v) is 3.88. The summed E-state index contributed by atoms with van der Waals surface area (Å²) >= 11 is 0. The van der Waals surface area contributed by atoms with E-state index < -0.39 is 6.16 Å². The van der Waals surface area contributed by atoms with Crippen molar-refractivity contribution in [2.45, 2.75) is 26.2 Å². The summed E-state index contributed by atoms with van der Waals surface area (Å²) in [6.07, 6.45) is 2.36. The van der Waals surface area contributed by atoms with Gasteiger partial charge in [-0.3, -0.25) is 0 Å². The predicted molar refractivity (Wildman–Crippen MR) is 93.0 cm³/mol. The van der Waals surface area contributed by atoms with Crippen LogP contribution < -0.4 is 4.74 Å². The largest absolute Gasteiger partial charge is 0.513 e. The number of ether oxygens (including phenoxy) is 2. The average Bonchev–Trinajstić information content (AvgIpc) is 2.58. The van der Waals surface area contributed by atoms with Crippen LogP contribution in [0.3, 0.4) is 0 Å². The first kappa shape index (κ1) is 15.3. The molecule has 3 heteroatoms. The monoisotopic (exact) mass is 308 g/mol. The summed E-state index contributed by atoms with van der Waals surface area (Å²) in [5, 5.41) is 3.91. The second-order valence-electron chi connectivity index (χ2n) is 5.56. The summed E-state index contributed by atoms with van der Waals surface area (Å²) in [6, 6.07) is 17.9. The molecule has 0 saturated carbocycles. The zero-order chi connectivity index (χ0) is 16.1. The number of carbonyl (C=O) groups is 1. The van der Waals surface area contributed by atoms with Crippen LogP contribution in [-0.2, 0) is 4.74 Å². The number of carbonyl (C=O) groups excluding carboxylic acids is 1. The van der Waals surface area contributed by atoms with E-state index in [1.807, 2.05) is 48.5 Å². The fourth-order valence-electron chi connectivity index (χ4n) is 2.70. The summed E-state index contributed by atoms with van der Waals surface area (Å²) < 4.78 is 10.7. The van der Waals surface area contributed by atoms with Gasteiger partial charge in [0.2, 0.25) is 0 Å². The summed E-state index contributed by atoms with van der Waals surface area (Å²) in [5.41, 5.74) is 0. The zero-order valence-corrected chi connectivity index (χ0v) is 13.2. The molecule has 3 rings (SSSR count). The second-order valence-corrected chi connectivity index (χ2v) is 5.56. The quantitative estimate of drug-likeness (QED) is 0.262. The van der Waals surface area contributed by atoms with E-state index in [4.69, 9.17) is 9.47 Å². The molecule has 23 heavy (non-hydrogen) atoms. The second kappa shape index (κ2) is 7.14. The molecule has 0 aromatic heterocycles. The van der Waals surface area contributed by atoms with E-state index in [-0.39, 0.29) is 0 Å². The first-order valence-electron chi connectivity index (χ1n) is 8.04. The highest BCUT2D eigenvalue weighted by molar-refractivity contribution is 6.06. The van der Waals surface area contributed by atoms with Gasteiger partial charge in [0.25, 0.3) is 0 Å². The zero-order valence-electron chi connectivity index (χ0n) is 13.2. The number of hydrogen-bond acceptors (Lipinski definition) is 3. The van der Waals surface area contributed by atoms with Gasteiger partial charge in [-0.25, -0.2) is 4.79 Å². The van der Waals surface area contributed by atoms with E-state index in [1.165, 1.54) is 0 Å². The number of benzene rings is 3. The Kier molecular flexibility index (Phi) is 4.77. The standard InChI is InChI=1S/C20H20O3/c1-2-3-8-13-22-20(21)23-19-17-11-6-4-9-15(17)14-16-10-5-7-12-18(16)19/h4-7,9-12,14H,2-3,8,13H2,1H3. The van der Waals surface area contributed by atoms with Crippen LogP contribution in [0.2, 0.25) is 0 Å². The SMILES string of the molecule is CCCCCOC(=O)Oc1c2ccccc2cc2ccccc12. The molecular formula is C20H20O3. The normalized spacial score (nSPS) is 10.8. The molecule has 0 amide bonds. The van der Waals surface area contributed by atoms with Gasteiger partial charge in [-0.1, -0.05) is 68.3 Å². The third-order valence-electron chi connectivity index (χ3n) is 3.88. The molecule has 118 valence electrons. The first-order chi connectivity index (χ1) is 11.3. The van der Waals surface area contributed by atoms with E-state index in [2.05, 4.69) is 13.0 Å². The molecule has 3 nitrogen and oxygen atoms in total. The van der Waals surface area contributed by atoms with Crippen molar-refractivity contribution in [3.63, 3.8) is 0 Å². The van der Waals surface area contributed by atoms with E-state index >= 15 is 0 Å². The minimum absolute atomic E-state index is 0.398. The highest BCUT2D eigenvalue weighted by atomic mass is 16.7. The maximum absolute atomic E-state index is 12.0. The molecule has 0 fully saturated rings. The molecule has 0 aliphatic rings. The fourth-order valence-corrected chi connectivity index (χ4v) is 2.70. The molecular weight excluding hydrogens is 288 g/mol. The van der Waals surface area contributed by atoms with Gasteiger partial charge in [-0.2, -0.15) is 0 Å². The molecule has 3 aromatic carbocycles. The minimum atomic E-state index is -0.636. The van der Waals surface area contributed by atoms with Crippen molar-refractivity contribution >= 4 is 27.7 Å². The lowest BCUT2D eigenvalue weighted by molar-refractivity contribution is 0.0984. The molecule has 3 aromatic rings. The Balaban J connectivity index is 1.92. The molecule has 0 unspecified atom stereocenters. The number of hydrogen-bond donors (Lipinski definition) is 0. The Hall–Kier alpha value is -2.55. The summed E-state index contributed by atoms with van der Waals surface area (Å²) in [6.45, 7) is 2.51. The lowest BCUT2D eigenvalue weighted by Gasteiger charge is -2.11. The minimum Gasteiger partial charge on any atom is -0.434 e. The number of fused-ring (bicyclic) bond motifs is 2. The number of rotatable bonds is 5. The van der Waals surface area contributed by atoms with Gasteiger partial charge in [-0.05, 0) is 23.3 Å². The third kappa shape index (κ3) is 3.45.